The van der Waals surface area contributed by atoms with Gasteiger partial charge in [-0.25, -0.2) is 0 Å². The third kappa shape index (κ3) is 3.49. The maximum atomic E-state index is 10.5. The van der Waals surface area contributed by atoms with Gasteiger partial charge in [0.1, 0.15) is 0 Å². The van der Waals surface area contributed by atoms with Gasteiger partial charge in [0.15, 0.2) is 5.17 Å². The van der Waals surface area contributed by atoms with Crippen molar-refractivity contribution < 1.29 is 4.92 Å². The zero-order chi connectivity index (χ0) is 13.7. The van der Waals surface area contributed by atoms with Gasteiger partial charge in [-0.3, -0.25) is 20.5 Å². The molecule has 2 aromatic rings. The van der Waals surface area contributed by atoms with Crippen LogP contribution in [0.2, 0.25) is 0 Å². The third-order valence-electron chi connectivity index (χ3n) is 2.28. The molecule has 0 unspecified atom stereocenters. The summed E-state index contributed by atoms with van der Waals surface area (Å²) in [6, 6.07) is 9.33. The van der Waals surface area contributed by atoms with Crippen molar-refractivity contribution in [1.29, 1.82) is 0 Å². The van der Waals surface area contributed by atoms with Crippen molar-refractivity contribution in [2.24, 2.45) is 5.10 Å². The number of halogens is 1. The Balaban J connectivity index is 2.08. The van der Waals surface area contributed by atoms with E-state index in [0.29, 0.717) is 5.69 Å². The molecule has 0 fully saturated rings. The van der Waals surface area contributed by atoms with Crippen LogP contribution in [0, 0.1) is 10.1 Å². The molecule has 0 aliphatic rings. The monoisotopic (exact) mass is 276 g/mol. The number of nitro groups is 1. The van der Waals surface area contributed by atoms with Crippen LogP contribution in [0.5, 0.6) is 0 Å². The van der Waals surface area contributed by atoms with Crippen LogP contribution in [0.3, 0.4) is 0 Å². The van der Waals surface area contributed by atoms with Gasteiger partial charge < -0.3 is 0 Å². The summed E-state index contributed by atoms with van der Waals surface area (Å²) in [7, 11) is 0. The molecular formula is C12H9ClN4O2. The number of hydrogen-bond donors (Lipinski definition) is 1. The van der Waals surface area contributed by atoms with Crippen LogP contribution in [0.25, 0.3) is 0 Å². The Morgan fingerprint density at radius 2 is 1.84 bits per heavy atom. The molecule has 0 amide bonds. The lowest BCUT2D eigenvalue weighted by Gasteiger charge is -2.01. The first-order valence-electron chi connectivity index (χ1n) is 5.31. The Kier molecular flexibility index (Phi) is 4.04. The number of benzene rings is 1. The average Bonchev–Trinajstić information content (AvgIpc) is 2.46. The summed E-state index contributed by atoms with van der Waals surface area (Å²) in [6.45, 7) is 0. The quantitative estimate of drug-likeness (QED) is 0.529. The minimum absolute atomic E-state index is 0.0229. The molecule has 0 aliphatic heterocycles. The van der Waals surface area contributed by atoms with Crippen molar-refractivity contribution in [3.8, 4) is 0 Å². The largest absolute Gasteiger partial charge is 0.277 e. The highest BCUT2D eigenvalue weighted by molar-refractivity contribution is 6.69. The molecule has 6 nitrogen and oxygen atoms in total. The normalized spacial score (nSPS) is 11.1. The molecule has 0 radical (unpaired) electrons. The molecule has 0 atom stereocenters. The standard InChI is InChI=1S/C12H9ClN4O2/c13-12(9-5-7-14-8-6-9)16-15-10-1-3-11(4-2-10)17(18)19/h1-8,15H. The fourth-order valence-electron chi connectivity index (χ4n) is 1.33. The van der Waals surface area contributed by atoms with E-state index >= 15 is 0 Å². The number of nitro benzene ring substituents is 1. The summed E-state index contributed by atoms with van der Waals surface area (Å²) < 4.78 is 0. The smallest absolute Gasteiger partial charge is 0.269 e. The summed E-state index contributed by atoms with van der Waals surface area (Å²) in [6.07, 6.45) is 3.22. The van der Waals surface area contributed by atoms with Crippen LogP contribution in [-0.2, 0) is 0 Å². The third-order valence-corrected chi connectivity index (χ3v) is 2.58. The van der Waals surface area contributed by atoms with Crippen LogP contribution in [0.4, 0.5) is 11.4 Å². The van der Waals surface area contributed by atoms with Gasteiger partial charge in [-0.1, -0.05) is 11.6 Å². The minimum Gasteiger partial charge on any atom is -0.277 e. The zero-order valence-corrected chi connectivity index (χ0v) is 10.4. The molecule has 7 heteroatoms. The highest BCUT2D eigenvalue weighted by atomic mass is 35.5. The molecule has 0 bridgehead atoms. The lowest BCUT2D eigenvalue weighted by Crippen LogP contribution is -1.97. The van der Waals surface area contributed by atoms with Crippen molar-refractivity contribution in [2.45, 2.75) is 0 Å². The Labute approximate surface area is 113 Å². The van der Waals surface area contributed by atoms with Gasteiger partial charge in [0.05, 0.1) is 10.6 Å². The molecule has 1 N–H and O–H groups in total. The number of hydrogen-bond acceptors (Lipinski definition) is 5. The fraction of sp³-hybridized carbons (Fsp3) is 0. The molecule has 96 valence electrons. The zero-order valence-electron chi connectivity index (χ0n) is 9.65. The molecule has 0 aliphatic carbocycles. The molecule has 0 saturated carbocycles. The second kappa shape index (κ2) is 5.92. The van der Waals surface area contributed by atoms with Crippen molar-refractivity contribution in [2.75, 3.05) is 5.43 Å². The molecule has 1 heterocycles. The average molecular weight is 277 g/mol. The van der Waals surface area contributed by atoms with E-state index in [1.54, 1.807) is 36.7 Å². The molecular weight excluding hydrogens is 268 g/mol. The number of non-ortho nitro benzene ring substituents is 1. The number of nitrogens with zero attached hydrogens (tertiary/aromatic N) is 3. The molecule has 19 heavy (non-hydrogen) atoms. The topological polar surface area (TPSA) is 80.4 Å². The lowest BCUT2D eigenvalue weighted by molar-refractivity contribution is -0.384. The predicted molar refractivity (Wildman–Crippen MR) is 73.3 cm³/mol. The highest BCUT2D eigenvalue weighted by Crippen LogP contribution is 2.15. The van der Waals surface area contributed by atoms with Crippen molar-refractivity contribution in [1.82, 2.24) is 4.98 Å². The maximum Gasteiger partial charge on any atom is 0.269 e. The molecule has 2 rings (SSSR count). The van der Waals surface area contributed by atoms with Crippen LogP contribution < -0.4 is 5.43 Å². The van der Waals surface area contributed by atoms with Gasteiger partial charge in [0.25, 0.3) is 5.69 Å². The summed E-state index contributed by atoms with van der Waals surface area (Å²) in [5.74, 6) is 0. The molecule has 1 aromatic carbocycles. The van der Waals surface area contributed by atoms with Gasteiger partial charge in [0, 0.05) is 30.1 Å². The van der Waals surface area contributed by atoms with E-state index in [9.17, 15) is 10.1 Å². The van der Waals surface area contributed by atoms with Gasteiger partial charge >= 0.3 is 0 Å². The van der Waals surface area contributed by atoms with E-state index in [1.807, 2.05) is 0 Å². The molecule has 0 spiro atoms. The second-order valence-electron chi connectivity index (χ2n) is 3.55. The van der Waals surface area contributed by atoms with E-state index < -0.39 is 4.92 Å². The van der Waals surface area contributed by atoms with E-state index in [0.717, 1.165) is 5.56 Å². The van der Waals surface area contributed by atoms with E-state index in [1.165, 1.54) is 12.1 Å². The lowest BCUT2D eigenvalue weighted by atomic mass is 10.3. The number of anilines is 1. The summed E-state index contributed by atoms with van der Waals surface area (Å²) >= 11 is 5.99. The first kappa shape index (κ1) is 13.0. The van der Waals surface area contributed by atoms with Crippen LogP contribution in [0.1, 0.15) is 5.56 Å². The number of pyridine rings is 1. The van der Waals surface area contributed by atoms with Gasteiger partial charge in [-0.15, -0.1) is 0 Å². The van der Waals surface area contributed by atoms with Crippen molar-refractivity contribution in [3.63, 3.8) is 0 Å². The van der Waals surface area contributed by atoms with Crippen LogP contribution in [-0.4, -0.2) is 15.1 Å². The van der Waals surface area contributed by atoms with Gasteiger partial charge in [-0.2, -0.15) is 5.10 Å². The first-order chi connectivity index (χ1) is 9.16. The Hall–Kier alpha value is -2.47. The summed E-state index contributed by atoms with van der Waals surface area (Å²) in [4.78, 5) is 13.9. The Morgan fingerprint density at radius 1 is 1.21 bits per heavy atom. The number of rotatable bonds is 4. The number of nitrogens with one attached hydrogen (secondary N) is 1. The van der Waals surface area contributed by atoms with E-state index in [-0.39, 0.29) is 10.9 Å². The maximum absolute atomic E-state index is 10.5. The van der Waals surface area contributed by atoms with Crippen LogP contribution >= 0.6 is 11.6 Å². The summed E-state index contributed by atoms with van der Waals surface area (Å²) in [5, 5.41) is 14.7. The van der Waals surface area contributed by atoms with E-state index in [4.69, 9.17) is 11.6 Å². The SMILES string of the molecule is O=[N+]([O-])c1ccc(NN=C(Cl)c2ccncc2)cc1. The molecule has 1 aromatic heterocycles. The molecule has 0 saturated heterocycles. The fourth-order valence-corrected chi connectivity index (χ4v) is 1.49. The number of hydrazone groups is 1. The predicted octanol–water partition coefficient (Wildman–Crippen LogP) is 3.00. The van der Waals surface area contributed by atoms with Gasteiger partial charge in [0.2, 0.25) is 0 Å². The minimum atomic E-state index is -0.461. The van der Waals surface area contributed by atoms with Crippen molar-refractivity contribution in [3.05, 3.63) is 64.5 Å². The van der Waals surface area contributed by atoms with E-state index in [2.05, 4.69) is 15.5 Å². The van der Waals surface area contributed by atoms with Gasteiger partial charge in [-0.05, 0) is 24.3 Å². The van der Waals surface area contributed by atoms with Crippen molar-refractivity contribution >= 4 is 28.1 Å². The number of aromatic nitrogens is 1. The highest BCUT2D eigenvalue weighted by Gasteiger charge is 2.03. The van der Waals surface area contributed by atoms with Crippen LogP contribution in [0.15, 0.2) is 53.9 Å². The second-order valence-corrected chi connectivity index (χ2v) is 3.91. The first-order valence-corrected chi connectivity index (χ1v) is 5.68. The Morgan fingerprint density at radius 3 is 2.42 bits per heavy atom. The Bertz CT molecular complexity index is 599. The summed E-state index contributed by atoms with van der Waals surface area (Å²) in [5.41, 5.74) is 4.08.